The zero-order valence-electron chi connectivity index (χ0n) is 14.9. The molecule has 28 heavy (non-hydrogen) atoms. The minimum atomic E-state index is -0.783. The van der Waals surface area contributed by atoms with Gasteiger partial charge >= 0.3 is 11.7 Å². The number of hydrogen-bond acceptors (Lipinski definition) is 8. The molecule has 1 aromatic carbocycles. The Hall–Kier alpha value is -3.37. The maximum Gasteiger partial charge on any atom is 0.353 e. The van der Waals surface area contributed by atoms with Crippen molar-refractivity contribution in [1.29, 1.82) is 0 Å². The van der Waals surface area contributed by atoms with E-state index in [-0.39, 0.29) is 29.2 Å². The van der Waals surface area contributed by atoms with E-state index in [0.29, 0.717) is 25.9 Å². The predicted octanol–water partition coefficient (Wildman–Crippen LogP) is 2.80. The highest BCUT2D eigenvalue weighted by atomic mass is 19.1. The van der Waals surface area contributed by atoms with Gasteiger partial charge in [-0.3, -0.25) is 14.9 Å². The third-order valence-corrected chi connectivity index (χ3v) is 4.50. The highest BCUT2D eigenvalue weighted by Crippen LogP contribution is 2.36. The quantitative estimate of drug-likeness (QED) is 0.469. The zero-order valence-corrected chi connectivity index (χ0v) is 14.9. The third-order valence-electron chi connectivity index (χ3n) is 4.50. The van der Waals surface area contributed by atoms with Crippen molar-refractivity contribution in [2.75, 3.05) is 30.4 Å². The van der Waals surface area contributed by atoms with Crippen molar-refractivity contribution in [3.63, 3.8) is 0 Å². The summed E-state index contributed by atoms with van der Waals surface area (Å²) < 4.78 is 32.0. The van der Waals surface area contributed by atoms with E-state index in [2.05, 4.69) is 15.3 Å². The summed E-state index contributed by atoms with van der Waals surface area (Å²) in [6, 6.07) is 2.72. The van der Waals surface area contributed by atoms with Gasteiger partial charge in [-0.15, -0.1) is 0 Å². The summed E-state index contributed by atoms with van der Waals surface area (Å²) in [7, 11) is 1.31. The van der Waals surface area contributed by atoms with Crippen LogP contribution in [0.2, 0.25) is 0 Å². The number of halogens is 2. The van der Waals surface area contributed by atoms with Crippen LogP contribution in [0.5, 0.6) is 0 Å². The molecule has 9 nitrogen and oxygen atoms in total. The molecule has 1 aliphatic rings. The van der Waals surface area contributed by atoms with Crippen LogP contribution in [0.4, 0.5) is 31.8 Å². The van der Waals surface area contributed by atoms with E-state index in [9.17, 15) is 23.7 Å². The predicted molar refractivity (Wildman–Crippen MR) is 95.3 cm³/mol. The average Bonchev–Trinajstić information content (AvgIpc) is 2.70. The van der Waals surface area contributed by atoms with Crippen molar-refractivity contribution in [2.24, 2.45) is 5.92 Å². The van der Waals surface area contributed by atoms with Crippen molar-refractivity contribution in [1.82, 2.24) is 9.97 Å². The Morgan fingerprint density at radius 1 is 1.32 bits per heavy atom. The lowest BCUT2D eigenvalue weighted by molar-refractivity contribution is -0.383. The molecule has 11 heteroatoms. The zero-order chi connectivity index (χ0) is 20.3. The van der Waals surface area contributed by atoms with Gasteiger partial charge in [-0.05, 0) is 25.0 Å². The van der Waals surface area contributed by atoms with Gasteiger partial charge in [-0.2, -0.15) is 0 Å². The van der Waals surface area contributed by atoms with Crippen molar-refractivity contribution >= 4 is 29.0 Å². The summed E-state index contributed by atoms with van der Waals surface area (Å²) in [6.45, 7) is 0.705. The van der Waals surface area contributed by atoms with E-state index in [0.717, 1.165) is 24.5 Å². The van der Waals surface area contributed by atoms with E-state index in [1.165, 1.54) is 7.11 Å². The molecule has 0 unspecified atom stereocenters. The Morgan fingerprint density at radius 3 is 2.68 bits per heavy atom. The van der Waals surface area contributed by atoms with Crippen LogP contribution in [0.25, 0.3) is 0 Å². The number of ether oxygens (including phenoxy) is 1. The van der Waals surface area contributed by atoms with Crippen molar-refractivity contribution in [3.05, 3.63) is 46.3 Å². The summed E-state index contributed by atoms with van der Waals surface area (Å²) in [4.78, 5) is 32.1. The van der Waals surface area contributed by atoms with Gasteiger partial charge < -0.3 is 15.0 Å². The molecule has 0 spiro atoms. The van der Waals surface area contributed by atoms with Gasteiger partial charge in [-0.25, -0.2) is 18.7 Å². The number of benzene rings is 1. The Balaban J connectivity index is 1.89. The third kappa shape index (κ3) is 3.97. The molecule has 0 atom stereocenters. The van der Waals surface area contributed by atoms with Crippen LogP contribution in [0, 0.1) is 27.7 Å². The molecule has 2 heterocycles. The summed E-state index contributed by atoms with van der Waals surface area (Å²) >= 11 is 0. The SMILES string of the molecule is COC(=O)C1CCN(c2ncnc(Nc3cc(F)ccc3F)c2[N+](=O)[O-])CC1. The first-order chi connectivity index (χ1) is 13.4. The number of methoxy groups -OCH3 is 1. The van der Waals surface area contributed by atoms with Crippen LogP contribution in [-0.2, 0) is 9.53 Å². The monoisotopic (exact) mass is 393 g/mol. The molecular weight excluding hydrogens is 376 g/mol. The molecule has 0 aliphatic carbocycles. The Kier molecular flexibility index (Phi) is 5.62. The fourth-order valence-electron chi connectivity index (χ4n) is 3.07. The van der Waals surface area contributed by atoms with Gasteiger partial charge in [0.2, 0.25) is 11.6 Å². The Morgan fingerprint density at radius 2 is 2.04 bits per heavy atom. The highest BCUT2D eigenvalue weighted by Gasteiger charge is 2.32. The van der Waals surface area contributed by atoms with E-state index < -0.39 is 22.2 Å². The van der Waals surface area contributed by atoms with Crippen LogP contribution in [0.15, 0.2) is 24.5 Å². The fourth-order valence-corrected chi connectivity index (χ4v) is 3.07. The molecule has 1 saturated heterocycles. The lowest BCUT2D eigenvalue weighted by Gasteiger charge is -2.31. The Bertz CT molecular complexity index is 903. The number of carbonyl (C=O) groups is 1. The minimum Gasteiger partial charge on any atom is -0.469 e. The maximum absolute atomic E-state index is 13.9. The van der Waals surface area contributed by atoms with Crippen molar-refractivity contribution in [2.45, 2.75) is 12.8 Å². The number of rotatable bonds is 5. The van der Waals surface area contributed by atoms with Crippen LogP contribution in [-0.4, -0.2) is 41.1 Å². The van der Waals surface area contributed by atoms with Gasteiger partial charge in [0.15, 0.2) is 0 Å². The van der Waals surface area contributed by atoms with Crippen LogP contribution in [0.1, 0.15) is 12.8 Å². The van der Waals surface area contributed by atoms with Gasteiger partial charge in [-0.1, -0.05) is 0 Å². The van der Waals surface area contributed by atoms with E-state index in [4.69, 9.17) is 4.74 Å². The molecule has 3 rings (SSSR count). The minimum absolute atomic E-state index is 0.0441. The molecule has 2 aromatic rings. The number of piperidine rings is 1. The van der Waals surface area contributed by atoms with Gasteiger partial charge in [0.05, 0.1) is 23.6 Å². The van der Waals surface area contributed by atoms with E-state index in [1.54, 1.807) is 4.90 Å². The second kappa shape index (κ2) is 8.11. The molecule has 1 aromatic heterocycles. The first kappa shape index (κ1) is 19.4. The molecule has 0 saturated carbocycles. The number of esters is 1. The summed E-state index contributed by atoms with van der Waals surface area (Å²) in [6.07, 6.45) is 2.01. The molecular formula is C17H17F2N5O4. The molecule has 1 aliphatic heterocycles. The number of anilines is 3. The number of hydrogen-bond donors (Lipinski definition) is 1. The molecule has 1 N–H and O–H groups in total. The molecule has 0 bridgehead atoms. The first-order valence-corrected chi connectivity index (χ1v) is 8.45. The Labute approximate surface area is 158 Å². The van der Waals surface area contributed by atoms with Crippen LogP contribution < -0.4 is 10.2 Å². The van der Waals surface area contributed by atoms with Gasteiger partial charge in [0.25, 0.3) is 0 Å². The number of nitrogens with one attached hydrogen (secondary N) is 1. The average molecular weight is 393 g/mol. The van der Waals surface area contributed by atoms with E-state index in [1.807, 2.05) is 0 Å². The maximum atomic E-state index is 13.9. The van der Waals surface area contributed by atoms with Crippen molar-refractivity contribution < 1.29 is 23.2 Å². The summed E-state index contributed by atoms with van der Waals surface area (Å²) in [5.41, 5.74) is -0.736. The number of aromatic nitrogens is 2. The summed E-state index contributed by atoms with van der Waals surface area (Å²) in [5, 5.41) is 14.1. The second-order valence-electron chi connectivity index (χ2n) is 6.19. The lowest BCUT2D eigenvalue weighted by atomic mass is 9.97. The number of nitrogens with zero attached hydrogens (tertiary/aromatic N) is 4. The molecule has 148 valence electrons. The van der Waals surface area contributed by atoms with Crippen LogP contribution in [0.3, 0.4) is 0 Å². The van der Waals surface area contributed by atoms with E-state index >= 15 is 0 Å². The topological polar surface area (TPSA) is 110 Å². The molecule has 0 radical (unpaired) electrons. The number of nitro groups is 1. The van der Waals surface area contributed by atoms with Crippen LogP contribution >= 0.6 is 0 Å². The second-order valence-corrected chi connectivity index (χ2v) is 6.19. The highest BCUT2D eigenvalue weighted by molar-refractivity contribution is 5.76. The largest absolute Gasteiger partial charge is 0.469 e. The molecule has 1 fully saturated rings. The smallest absolute Gasteiger partial charge is 0.353 e. The van der Waals surface area contributed by atoms with Gasteiger partial charge in [0.1, 0.15) is 18.0 Å². The fraction of sp³-hybridized carbons (Fsp3) is 0.353. The normalized spacial score (nSPS) is 14.6. The first-order valence-electron chi connectivity index (χ1n) is 8.45. The summed E-state index contributed by atoms with van der Waals surface area (Å²) in [5.74, 6) is -2.29. The lowest BCUT2D eigenvalue weighted by Crippen LogP contribution is -2.37. The van der Waals surface area contributed by atoms with Gasteiger partial charge in [0, 0.05) is 19.2 Å². The van der Waals surface area contributed by atoms with Crippen molar-refractivity contribution in [3.8, 4) is 0 Å². The standard InChI is InChI=1S/C17H17F2N5O4/c1-28-17(25)10-4-6-23(7-5-10)16-14(24(26)27)15(20-9-21-16)22-13-8-11(18)2-3-12(13)19/h2-3,8-10H,4-7H2,1H3,(H,20,21,22). The number of carbonyl (C=O) groups excluding carboxylic acids is 1. The molecule has 0 amide bonds.